The van der Waals surface area contributed by atoms with Gasteiger partial charge in [0.15, 0.2) is 0 Å². The molecule has 4 heteroatoms. The first-order chi connectivity index (χ1) is 10.3. The molecule has 0 aliphatic heterocycles. The van der Waals surface area contributed by atoms with Crippen LogP contribution in [0.1, 0.15) is 62.6 Å². The number of amides is 1. The molecule has 21 heavy (non-hydrogen) atoms. The van der Waals surface area contributed by atoms with Gasteiger partial charge in [0, 0.05) is 37.4 Å². The number of rotatable bonds is 6. The third kappa shape index (κ3) is 3.88. The van der Waals surface area contributed by atoms with Gasteiger partial charge in [0.05, 0.1) is 0 Å². The molecule has 0 bridgehead atoms. The van der Waals surface area contributed by atoms with E-state index in [9.17, 15) is 4.79 Å². The van der Waals surface area contributed by atoms with E-state index in [1.165, 1.54) is 36.8 Å². The smallest absolute Gasteiger partial charge is 0.222 e. The third-order valence-electron chi connectivity index (χ3n) is 4.55. The van der Waals surface area contributed by atoms with E-state index in [1.807, 2.05) is 0 Å². The number of carbonyl (C=O) groups is 1. The number of aromatic nitrogens is 1. The minimum Gasteiger partial charge on any atom is -0.353 e. The minimum absolute atomic E-state index is 0.199. The summed E-state index contributed by atoms with van der Waals surface area (Å²) < 4.78 is 2.22. The van der Waals surface area contributed by atoms with E-state index in [0.29, 0.717) is 18.5 Å². The quantitative estimate of drug-likeness (QED) is 0.791. The Balaban J connectivity index is 1.61. The van der Waals surface area contributed by atoms with Gasteiger partial charge in [-0.15, -0.1) is 0 Å². The molecule has 1 aromatic heterocycles. The van der Waals surface area contributed by atoms with Crippen LogP contribution < -0.4 is 10.6 Å². The lowest BCUT2D eigenvalue weighted by Gasteiger charge is -2.15. The molecule has 1 amide bonds. The van der Waals surface area contributed by atoms with Crippen LogP contribution >= 0.6 is 0 Å². The zero-order valence-electron chi connectivity index (χ0n) is 13.0. The summed E-state index contributed by atoms with van der Waals surface area (Å²) in [6.07, 6.45) is 12.4. The Kier molecular flexibility index (Phi) is 4.63. The highest BCUT2D eigenvalue weighted by Gasteiger charge is 2.23. The molecule has 2 aliphatic carbocycles. The van der Waals surface area contributed by atoms with Crippen molar-refractivity contribution in [3.05, 3.63) is 23.5 Å². The number of aryl methyl sites for hydroxylation is 2. The van der Waals surface area contributed by atoms with Crippen LogP contribution in [-0.4, -0.2) is 23.1 Å². The van der Waals surface area contributed by atoms with E-state index in [2.05, 4.69) is 34.5 Å². The van der Waals surface area contributed by atoms with E-state index in [1.54, 1.807) is 0 Å². The molecule has 116 valence electrons. The molecule has 0 saturated heterocycles. The maximum Gasteiger partial charge on any atom is 0.222 e. The van der Waals surface area contributed by atoms with Crippen LogP contribution in [0.3, 0.4) is 0 Å². The molecule has 4 nitrogen and oxygen atoms in total. The summed E-state index contributed by atoms with van der Waals surface area (Å²) >= 11 is 0. The first-order valence-electron chi connectivity index (χ1n) is 8.47. The average molecular weight is 289 g/mol. The lowest BCUT2D eigenvalue weighted by atomic mass is 10.0. The van der Waals surface area contributed by atoms with Crippen LogP contribution in [0.15, 0.2) is 12.4 Å². The second kappa shape index (κ2) is 6.65. The summed E-state index contributed by atoms with van der Waals surface area (Å²) in [5.74, 6) is 0.199. The van der Waals surface area contributed by atoms with Gasteiger partial charge in [0.25, 0.3) is 0 Å². The van der Waals surface area contributed by atoms with Gasteiger partial charge in [-0.25, -0.2) is 0 Å². The number of hydrogen-bond donors (Lipinski definition) is 2. The van der Waals surface area contributed by atoms with Crippen LogP contribution in [0.5, 0.6) is 0 Å². The Hall–Kier alpha value is -1.29. The van der Waals surface area contributed by atoms with Crippen molar-refractivity contribution in [2.75, 3.05) is 6.54 Å². The summed E-state index contributed by atoms with van der Waals surface area (Å²) in [4.78, 5) is 11.8. The Morgan fingerprint density at radius 2 is 2.14 bits per heavy atom. The summed E-state index contributed by atoms with van der Waals surface area (Å²) in [7, 11) is 0. The van der Waals surface area contributed by atoms with Gasteiger partial charge in [-0.3, -0.25) is 4.79 Å². The van der Waals surface area contributed by atoms with Crippen molar-refractivity contribution in [2.24, 2.45) is 0 Å². The molecule has 2 N–H and O–H groups in total. The van der Waals surface area contributed by atoms with Gasteiger partial charge in [0.2, 0.25) is 5.91 Å². The molecule has 1 atom stereocenters. The van der Waals surface area contributed by atoms with E-state index in [0.717, 1.165) is 25.9 Å². The van der Waals surface area contributed by atoms with Gasteiger partial charge in [0.1, 0.15) is 0 Å². The fourth-order valence-electron chi connectivity index (χ4n) is 3.26. The molecule has 2 aliphatic rings. The van der Waals surface area contributed by atoms with Gasteiger partial charge >= 0.3 is 0 Å². The van der Waals surface area contributed by atoms with Crippen LogP contribution in [-0.2, 0) is 17.8 Å². The number of carbonyl (C=O) groups excluding carboxylic acids is 1. The zero-order valence-corrected chi connectivity index (χ0v) is 13.0. The molecule has 1 aromatic rings. The normalized spacial score (nSPS) is 21.7. The second-order valence-corrected chi connectivity index (χ2v) is 6.42. The molecule has 3 rings (SSSR count). The van der Waals surface area contributed by atoms with Crippen molar-refractivity contribution in [1.29, 1.82) is 0 Å². The maximum absolute atomic E-state index is 11.8. The van der Waals surface area contributed by atoms with Gasteiger partial charge < -0.3 is 15.2 Å². The first-order valence-corrected chi connectivity index (χ1v) is 8.47. The van der Waals surface area contributed by atoms with Gasteiger partial charge in [-0.2, -0.15) is 0 Å². The Morgan fingerprint density at radius 1 is 1.29 bits per heavy atom. The SMILES string of the molecule is CCNC1CCCCc2cn(CCC(=O)NC3CC3)cc21. The third-order valence-corrected chi connectivity index (χ3v) is 4.55. The fraction of sp³-hybridized carbons (Fsp3) is 0.706. The largest absolute Gasteiger partial charge is 0.353 e. The molecule has 0 spiro atoms. The predicted octanol–water partition coefficient (Wildman–Crippen LogP) is 2.53. The summed E-state index contributed by atoms with van der Waals surface area (Å²) in [5, 5.41) is 6.66. The standard InChI is InChI=1S/C17H27N3O/c1-2-18-16-6-4-3-5-13-11-20(12-15(13)16)10-9-17(21)19-14-7-8-14/h11-12,14,16,18H,2-10H2,1H3,(H,19,21). The number of hydrogen-bond acceptors (Lipinski definition) is 2. The Bertz CT molecular complexity index is 490. The summed E-state index contributed by atoms with van der Waals surface area (Å²) in [6, 6.07) is 0.964. The van der Waals surface area contributed by atoms with Crippen molar-refractivity contribution in [3.63, 3.8) is 0 Å². The highest BCUT2D eigenvalue weighted by atomic mass is 16.1. The minimum atomic E-state index is 0.199. The topological polar surface area (TPSA) is 46.1 Å². The molecule has 1 unspecified atom stereocenters. The van der Waals surface area contributed by atoms with Crippen LogP contribution in [0, 0.1) is 0 Å². The lowest BCUT2D eigenvalue weighted by Crippen LogP contribution is -2.26. The first kappa shape index (κ1) is 14.6. The van der Waals surface area contributed by atoms with Crippen LogP contribution in [0.4, 0.5) is 0 Å². The van der Waals surface area contributed by atoms with Crippen molar-refractivity contribution in [2.45, 2.75) is 70.5 Å². The monoisotopic (exact) mass is 289 g/mol. The average Bonchev–Trinajstić information content (AvgIpc) is 3.22. The van der Waals surface area contributed by atoms with Crippen molar-refractivity contribution in [1.82, 2.24) is 15.2 Å². The lowest BCUT2D eigenvalue weighted by molar-refractivity contribution is -0.121. The summed E-state index contributed by atoms with van der Waals surface area (Å²) in [6.45, 7) is 3.98. The van der Waals surface area contributed by atoms with Gasteiger partial charge in [-0.1, -0.05) is 13.3 Å². The Morgan fingerprint density at radius 3 is 2.90 bits per heavy atom. The molecule has 0 aromatic carbocycles. The van der Waals surface area contributed by atoms with Gasteiger partial charge in [-0.05, 0) is 49.8 Å². The number of nitrogens with zero attached hydrogens (tertiary/aromatic N) is 1. The molecule has 0 radical (unpaired) electrons. The number of fused-ring (bicyclic) bond motifs is 1. The summed E-state index contributed by atoms with van der Waals surface area (Å²) in [5.41, 5.74) is 2.93. The van der Waals surface area contributed by atoms with E-state index >= 15 is 0 Å². The molecular weight excluding hydrogens is 262 g/mol. The molecular formula is C17H27N3O. The highest BCUT2D eigenvalue weighted by molar-refractivity contribution is 5.76. The van der Waals surface area contributed by atoms with Crippen molar-refractivity contribution in [3.8, 4) is 0 Å². The molecule has 1 fully saturated rings. The maximum atomic E-state index is 11.8. The number of nitrogens with one attached hydrogen (secondary N) is 2. The van der Waals surface area contributed by atoms with Crippen molar-refractivity contribution >= 4 is 5.91 Å². The van der Waals surface area contributed by atoms with Crippen LogP contribution in [0.25, 0.3) is 0 Å². The zero-order chi connectivity index (χ0) is 14.7. The van der Waals surface area contributed by atoms with Crippen molar-refractivity contribution < 1.29 is 4.79 Å². The van der Waals surface area contributed by atoms with E-state index in [-0.39, 0.29) is 5.91 Å². The highest BCUT2D eigenvalue weighted by Crippen LogP contribution is 2.29. The molecule has 1 saturated carbocycles. The Labute approximate surface area is 127 Å². The second-order valence-electron chi connectivity index (χ2n) is 6.42. The van der Waals surface area contributed by atoms with E-state index in [4.69, 9.17) is 0 Å². The fourth-order valence-corrected chi connectivity index (χ4v) is 3.26. The van der Waals surface area contributed by atoms with Crippen LogP contribution in [0.2, 0.25) is 0 Å². The van der Waals surface area contributed by atoms with E-state index < -0.39 is 0 Å². The predicted molar refractivity (Wildman–Crippen MR) is 84.2 cm³/mol. The molecule has 1 heterocycles.